The van der Waals surface area contributed by atoms with Crippen LogP contribution in [0.4, 0.5) is 0 Å². The van der Waals surface area contributed by atoms with Gasteiger partial charge in [-0.2, -0.15) is 0 Å². The number of nitrogens with one attached hydrogen (secondary N) is 1. The first kappa shape index (κ1) is 20.8. The Kier molecular flexibility index (Phi) is 7.16. The largest absolute Gasteiger partial charge is 0.457 e. The van der Waals surface area contributed by atoms with Crippen molar-refractivity contribution in [3.05, 3.63) is 88.9 Å². The molecule has 0 spiro atoms. The first-order valence-corrected chi connectivity index (χ1v) is 10.2. The predicted molar refractivity (Wildman–Crippen MR) is 116 cm³/mol. The summed E-state index contributed by atoms with van der Waals surface area (Å²) in [4.78, 5) is 24.4. The van der Waals surface area contributed by atoms with Gasteiger partial charge in [-0.15, -0.1) is 11.8 Å². The van der Waals surface area contributed by atoms with Gasteiger partial charge in [0.25, 0.3) is 5.91 Å². The Hall–Kier alpha value is -2.96. The van der Waals surface area contributed by atoms with E-state index in [1.165, 1.54) is 0 Å². The smallest absolute Gasteiger partial charge is 0.251 e. The van der Waals surface area contributed by atoms with Crippen LogP contribution in [-0.2, 0) is 0 Å². The zero-order valence-electron chi connectivity index (χ0n) is 15.4. The van der Waals surface area contributed by atoms with Gasteiger partial charge < -0.3 is 15.8 Å². The van der Waals surface area contributed by atoms with Crippen molar-refractivity contribution in [2.45, 2.75) is 4.90 Å². The van der Waals surface area contributed by atoms with Gasteiger partial charge >= 0.3 is 0 Å². The SMILES string of the molecule is NC(=O)c1ccc(Oc2ccc(C(=O)NCCSc3ccc(Cl)cc3)cc2)cc1. The fourth-order valence-corrected chi connectivity index (χ4v) is 3.36. The third-order valence-corrected chi connectivity index (χ3v) is 5.23. The summed E-state index contributed by atoms with van der Waals surface area (Å²) in [6, 6.07) is 21.0. The molecule has 0 aliphatic carbocycles. The Bertz CT molecular complexity index is 974. The van der Waals surface area contributed by atoms with Gasteiger partial charge in [-0.3, -0.25) is 9.59 Å². The van der Waals surface area contributed by atoms with Crippen molar-refractivity contribution in [3.63, 3.8) is 0 Å². The standard InChI is InChI=1S/C22H19ClN2O3S/c23-17-5-11-20(12-6-17)29-14-13-25-22(27)16-3-9-19(10-4-16)28-18-7-1-15(2-8-18)21(24)26/h1-12H,13-14H2,(H2,24,26)(H,25,27). The van der Waals surface area contributed by atoms with Crippen LogP contribution in [0.3, 0.4) is 0 Å². The Balaban J connectivity index is 1.46. The molecule has 0 aliphatic rings. The minimum atomic E-state index is -0.488. The van der Waals surface area contributed by atoms with Crippen LogP contribution in [0.15, 0.2) is 77.7 Å². The van der Waals surface area contributed by atoms with Crippen LogP contribution >= 0.6 is 23.4 Å². The molecule has 0 aliphatic heterocycles. The summed E-state index contributed by atoms with van der Waals surface area (Å²) in [6.07, 6.45) is 0. The van der Waals surface area contributed by atoms with E-state index in [-0.39, 0.29) is 5.91 Å². The number of rotatable bonds is 8. The van der Waals surface area contributed by atoms with Crippen molar-refractivity contribution in [3.8, 4) is 11.5 Å². The summed E-state index contributed by atoms with van der Waals surface area (Å²) in [5.41, 5.74) is 6.19. The van der Waals surface area contributed by atoms with Crippen LogP contribution in [0.5, 0.6) is 11.5 Å². The molecule has 0 heterocycles. The summed E-state index contributed by atoms with van der Waals surface area (Å²) >= 11 is 7.51. The third kappa shape index (κ3) is 6.27. The molecule has 0 atom stereocenters. The van der Waals surface area contributed by atoms with Crippen LogP contribution in [0.25, 0.3) is 0 Å². The van der Waals surface area contributed by atoms with Gasteiger partial charge in [-0.25, -0.2) is 0 Å². The van der Waals surface area contributed by atoms with Crippen LogP contribution in [0.1, 0.15) is 20.7 Å². The minimum Gasteiger partial charge on any atom is -0.457 e. The predicted octanol–water partition coefficient (Wildman–Crippen LogP) is 4.75. The molecule has 0 bridgehead atoms. The normalized spacial score (nSPS) is 10.4. The number of primary amides is 1. The molecule has 0 radical (unpaired) electrons. The van der Waals surface area contributed by atoms with E-state index in [2.05, 4.69) is 5.32 Å². The summed E-state index contributed by atoms with van der Waals surface area (Å²) in [5.74, 6) is 1.30. The lowest BCUT2D eigenvalue weighted by molar-refractivity contribution is 0.0954. The molecule has 0 aromatic heterocycles. The molecule has 5 nitrogen and oxygen atoms in total. The molecule has 7 heteroatoms. The van der Waals surface area contributed by atoms with Crippen LogP contribution in [-0.4, -0.2) is 24.1 Å². The number of thioether (sulfide) groups is 1. The molecule has 3 aromatic carbocycles. The fourth-order valence-electron chi connectivity index (χ4n) is 2.46. The lowest BCUT2D eigenvalue weighted by Crippen LogP contribution is -2.25. The number of hydrogen-bond acceptors (Lipinski definition) is 4. The average Bonchev–Trinajstić information content (AvgIpc) is 2.73. The van der Waals surface area contributed by atoms with E-state index in [1.54, 1.807) is 60.3 Å². The lowest BCUT2D eigenvalue weighted by atomic mass is 10.2. The third-order valence-electron chi connectivity index (χ3n) is 3.96. The number of ether oxygens (including phenoxy) is 1. The molecule has 0 unspecified atom stereocenters. The molecule has 0 fully saturated rings. The highest BCUT2D eigenvalue weighted by Crippen LogP contribution is 2.22. The maximum absolute atomic E-state index is 12.2. The first-order valence-electron chi connectivity index (χ1n) is 8.85. The Morgan fingerprint density at radius 1 is 0.862 bits per heavy atom. The van der Waals surface area contributed by atoms with Crippen molar-refractivity contribution in [2.75, 3.05) is 12.3 Å². The van der Waals surface area contributed by atoms with Crippen molar-refractivity contribution >= 4 is 35.2 Å². The maximum Gasteiger partial charge on any atom is 0.251 e. The highest BCUT2D eigenvalue weighted by Gasteiger charge is 2.06. The van der Waals surface area contributed by atoms with E-state index in [9.17, 15) is 9.59 Å². The highest BCUT2D eigenvalue weighted by molar-refractivity contribution is 7.99. The number of carbonyl (C=O) groups is 2. The fraction of sp³-hybridized carbons (Fsp3) is 0.0909. The quantitative estimate of drug-likeness (QED) is 0.402. The molecule has 3 rings (SSSR count). The number of nitrogens with two attached hydrogens (primary N) is 1. The zero-order chi connectivity index (χ0) is 20.6. The van der Waals surface area contributed by atoms with Crippen LogP contribution in [0, 0.1) is 0 Å². The van der Waals surface area contributed by atoms with Gasteiger partial charge in [-0.1, -0.05) is 11.6 Å². The van der Waals surface area contributed by atoms with Gasteiger partial charge in [0.1, 0.15) is 11.5 Å². The van der Waals surface area contributed by atoms with E-state index in [0.29, 0.717) is 34.2 Å². The van der Waals surface area contributed by atoms with Crippen molar-refractivity contribution < 1.29 is 14.3 Å². The topological polar surface area (TPSA) is 81.4 Å². The number of benzene rings is 3. The molecule has 2 amide bonds. The number of carbonyl (C=O) groups excluding carboxylic acids is 2. The number of halogens is 1. The maximum atomic E-state index is 12.2. The molecule has 0 saturated carbocycles. The molecule has 0 saturated heterocycles. The van der Waals surface area contributed by atoms with Crippen molar-refractivity contribution in [1.29, 1.82) is 0 Å². The summed E-state index contributed by atoms with van der Waals surface area (Å²) in [7, 11) is 0. The van der Waals surface area contributed by atoms with Crippen LogP contribution in [0.2, 0.25) is 5.02 Å². The molecule has 3 N–H and O–H groups in total. The monoisotopic (exact) mass is 426 g/mol. The Labute approximate surface area is 178 Å². The van der Waals surface area contributed by atoms with Crippen LogP contribution < -0.4 is 15.8 Å². The number of hydrogen-bond donors (Lipinski definition) is 2. The summed E-state index contributed by atoms with van der Waals surface area (Å²) in [6.45, 7) is 0.552. The average molecular weight is 427 g/mol. The van der Waals surface area contributed by atoms with E-state index in [4.69, 9.17) is 22.1 Å². The first-order chi connectivity index (χ1) is 14.0. The second kappa shape index (κ2) is 10.0. The summed E-state index contributed by atoms with van der Waals surface area (Å²) in [5, 5.41) is 3.60. The molecular weight excluding hydrogens is 408 g/mol. The highest BCUT2D eigenvalue weighted by atomic mass is 35.5. The molecule has 3 aromatic rings. The minimum absolute atomic E-state index is 0.140. The number of amides is 2. The lowest BCUT2D eigenvalue weighted by Gasteiger charge is -2.08. The van der Waals surface area contributed by atoms with Gasteiger partial charge in [0.2, 0.25) is 5.91 Å². The Morgan fingerprint density at radius 2 is 1.41 bits per heavy atom. The summed E-state index contributed by atoms with van der Waals surface area (Å²) < 4.78 is 5.71. The van der Waals surface area contributed by atoms with Gasteiger partial charge in [0.05, 0.1) is 0 Å². The zero-order valence-corrected chi connectivity index (χ0v) is 17.0. The van der Waals surface area contributed by atoms with E-state index in [0.717, 1.165) is 10.6 Å². The van der Waals surface area contributed by atoms with Crippen molar-refractivity contribution in [1.82, 2.24) is 5.32 Å². The second-order valence-electron chi connectivity index (χ2n) is 6.07. The van der Waals surface area contributed by atoms with E-state index in [1.807, 2.05) is 24.3 Å². The Morgan fingerprint density at radius 3 is 1.97 bits per heavy atom. The van der Waals surface area contributed by atoms with E-state index >= 15 is 0 Å². The molecule has 29 heavy (non-hydrogen) atoms. The molecular formula is C22H19ClN2O3S. The molecule has 148 valence electrons. The van der Waals surface area contributed by atoms with Gasteiger partial charge in [0, 0.05) is 33.3 Å². The van der Waals surface area contributed by atoms with Gasteiger partial charge in [0.15, 0.2) is 0 Å². The van der Waals surface area contributed by atoms with Gasteiger partial charge in [-0.05, 0) is 72.8 Å². The second-order valence-corrected chi connectivity index (χ2v) is 7.68. The van der Waals surface area contributed by atoms with E-state index < -0.39 is 5.91 Å². The van der Waals surface area contributed by atoms with Crippen molar-refractivity contribution in [2.24, 2.45) is 5.73 Å².